The minimum Gasteiger partial charge on any atom is -0.471 e. The van der Waals surface area contributed by atoms with Crippen LogP contribution in [0.15, 0.2) is 6.07 Å². The predicted molar refractivity (Wildman–Crippen MR) is 71.5 cm³/mol. The number of nitrogens with zero attached hydrogens (tertiary/aromatic N) is 1. The van der Waals surface area contributed by atoms with Crippen molar-refractivity contribution < 1.29 is 4.74 Å². The second kappa shape index (κ2) is 5.50. The summed E-state index contributed by atoms with van der Waals surface area (Å²) >= 11 is 0. The summed E-state index contributed by atoms with van der Waals surface area (Å²) in [6.45, 7) is 11.2. The molecule has 0 spiro atoms. The van der Waals surface area contributed by atoms with E-state index in [1.54, 1.807) is 0 Å². The molecule has 0 amide bonds. The predicted octanol–water partition coefficient (Wildman–Crippen LogP) is 2.99. The van der Waals surface area contributed by atoms with Gasteiger partial charge < -0.3 is 10.1 Å². The average molecular weight is 236 g/mol. The first kappa shape index (κ1) is 14.0. The van der Waals surface area contributed by atoms with Crippen LogP contribution in [0.2, 0.25) is 0 Å². The van der Waals surface area contributed by atoms with Crippen molar-refractivity contribution in [1.29, 1.82) is 0 Å². The molecule has 0 unspecified atom stereocenters. The number of aryl methyl sites for hydroxylation is 2. The van der Waals surface area contributed by atoms with Crippen molar-refractivity contribution in [3.63, 3.8) is 0 Å². The van der Waals surface area contributed by atoms with Crippen molar-refractivity contribution in [1.82, 2.24) is 10.3 Å². The Labute approximate surface area is 105 Å². The summed E-state index contributed by atoms with van der Waals surface area (Å²) < 4.78 is 6.05. The van der Waals surface area contributed by atoms with Crippen LogP contribution >= 0.6 is 0 Å². The molecule has 0 aliphatic rings. The van der Waals surface area contributed by atoms with Crippen LogP contribution in [-0.2, 0) is 6.54 Å². The number of nitrogens with one attached hydrogen (secondary N) is 1. The zero-order valence-corrected chi connectivity index (χ0v) is 11.8. The molecule has 0 aliphatic carbocycles. The van der Waals surface area contributed by atoms with Crippen LogP contribution in [0.1, 0.15) is 44.0 Å². The molecular weight excluding hydrogens is 212 g/mol. The molecule has 3 heteroatoms. The van der Waals surface area contributed by atoms with Crippen molar-refractivity contribution in [2.24, 2.45) is 0 Å². The second-order valence-electron chi connectivity index (χ2n) is 5.11. The molecular formula is C14H24N2O. The Balaban J connectivity index is 3.11. The molecule has 0 fully saturated rings. The molecule has 1 N–H and O–H groups in total. The number of hydrogen-bond acceptors (Lipinski definition) is 3. The van der Waals surface area contributed by atoms with E-state index >= 15 is 0 Å². The molecule has 96 valence electrons. The van der Waals surface area contributed by atoms with E-state index in [4.69, 9.17) is 4.74 Å². The fraction of sp³-hybridized carbons (Fsp3) is 0.643. The monoisotopic (exact) mass is 236 g/mol. The molecule has 0 saturated carbocycles. The van der Waals surface area contributed by atoms with Crippen molar-refractivity contribution in [3.8, 4) is 5.88 Å². The minimum absolute atomic E-state index is 0.171. The van der Waals surface area contributed by atoms with E-state index in [1.165, 1.54) is 5.56 Å². The number of hydrogen-bond donors (Lipinski definition) is 1. The number of aromatic nitrogens is 1. The number of ether oxygens (including phenoxy) is 1. The summed E-state index contributed by atoms with van der Waals surface area (Å²) in [5.41, 5.74) is 3.22. The summed E-state index contributed by atoms with van der Waals surface area (Å²) in [6.07, 6.45) is 0.959. The summed E-state index contributed by atoms with van der Waals surface area (Å²) in [4.78, 5) is 4.52. The maximum Gasteiger partial charge on any atom is 0.218 e. The molecule has 0 aromatic carbocycles. The van der Waals surface area contributed by atoms with Crippen LogP contribution < -0.4 is 10.1 Å². The van der Waals surface area contributed by atoms with Gasteiger partial charge >= 0.3 is 0 Å². The smallest absolute Gasteiger partial charge is 0.218 e. The molecule has 0 atom stereocenters. The third-order valence-corrected chi connectivity index (χ3v) is 3.02. The lowest BCUT2D eigenvalue weighted by molar-refractivity contribution is 0.0971. The zero-order valence-electron chi connectivity index (χ0n) is 11.8. The fourth-order valence-electron chi connectivity index (χ4n) is 1.64. The number of rotatable bonds is 5. The summed E-state index contributed by atoms with van der Waals surface area (Å²) in [7, 11) is 1.94. The van der Waals surface area contributed by atoms with Crippen molar-refractivity contribution in [2.75, 3.05) is 7.05 Å². The van der Waals surface area contributed by atoms with Gasteiger partial charge in [-0.15, -0.1) is 0 Å². The molecule has 1 rings (SSSR count). The molecule has 3 nitrogen and oxygen atoms in total. The highest BCUT2D eigenvalue weighted by molar-refractivity contribution is 5.36. The first-order valence-electron chi connectivity index (χ1n) is 6.20. The fourth-order valence-corrected chi connectivity index (χ4v) is 1.64. The lowest BCUT2D eigenvalue weighted by Crippen LogP contribution is -2.28. The molecule has 0 aliphatic heterocycles. The topological polar surface area (TPSA) is 34.1 Å². The normalized spacial score (nSPS) is 11.6. The Hall–Kier alpha value is -1.09. The Morgan fingerprint density at radius 1 is 1.35 bits per heavy atom. The third-order valence-electron chi connectivity index (χ3n) is 3.02. The standard InChI is InChI=1S/C14H24N2O/c1-7-14(4,5)17-13-12(9-15-6)10(2)8-11(3)16-13/h8,15H,7,9H2,1-6H3. The van der Waals surface area contributed by atoms with Crippen molar-refractivity contribution in [3.05, 3.63) is 22.9 Å². The molecule has 1 aromatic rings. The first-order chi connectivity index (χ1) is 7.89. The van der Waals surface area contributed by atoms with Gasteiger partial charge in [-0.2, -0.15) is 0 Å². The zero-order chi connectivity index (χ0) is 13.1. The number of pyridine rings is 1. The van der Waals surface area contributed by atoms with Gasteiger partial charge in [-0.1, -0.05) is 6.92 Å². The molecule has 0 saturated heterocycles. The van der Waals surface area contributed by atoms with Gasteiger partial charge in [0.15, 0.2) is 0 Å². The van der Waals surface area contributed by atoms with Gasteiger partial charge in [0, 0.05) is 17.8 Å². The Morgan fingerprint density at radius 2 is 2.00 bits per heavy atom. The van der Waals surface area contributed by atoms with E-state index < -0.39 is 0 Å². The van der Waals surface area contributed by atoms with E-state index in [2.05, 4.69) is 44.1 Å². The van der Waals surface area contributed by atoms with Gasteiger partial charge in [-0.3, -0.25) is 0 Å². The van der Waals surface area contributed by atoms with Crippen LogP contribution in [0.4, 0.5) is 0 Å². The Bertz CT molecular complexity index is 386. The summed E-state index contributed by atoms with van der Waals surface area (Å²) in [5, 5.41) is 3.17. The maximum absolute atomic E-state index is 6.05. The Morgan fingerprint density at radius 3 is 2.53 bits per heavy atom. The van der Waals surface area contributed by atoms with E-state index in [0.29, 0.717) is 0 Å². The molecule has 0 bridgehead atoms. The van der Waals surface area contributed by atoms with Crippen LogP contribution in [0.5, 0.6) is 5.88 Å². The SMILES string of the molecule is CCC(C)(C)Oc1nc(C)cc(C)c1CNC. The molecule has 1 aromatic heterocycles. The van der Waals surface area contributed by atoms with Crippen LogP contribution in [0, 0.1) is 13.8 Å². The van der Waals surface area contributed by atoms with Crippen LogP contribution in [0.25, 0.3) is 0 Å². The minimum atomic E-state index is -0.171. The van der Waals surface area contributed by atoms with Crippen LogP contribution in [-0.4, -0.2) is 17.6 Å². The van der Waals surface area contributed by atoms with Gasteiger partial charge in [0.1, 0.15) is 5.60 Å². The van der Waals surface area contributed by atoms with E-state index in [9.17, 15) is 0 Å². The average Bonchev–Trinajstić information content (AvgIpc) is 2.23. The highest BCUT2D eigenvalue weighted by atomic mass is 16.5. The van der Waals surface area contributed by atoms with Gasteiger partial charge in [-0.25, -0.2) is 4.98 Å². The van der Waals surface area contributed by atoms with Crippen molar-refractivity contribution in [2.45, 2.75) is 53.2 Å². The molecule has 1 heterocycles. The first-order valence-corrected chi connectivity index (χ1v) is 6.20. The second-order valence-corrected chi connectivity index (χ2v) is 5.11. The largest absolute Gasteiger partial charge is 0.471 e. The van der Waals surface area contributed by atoms with Crippen LogP contribution in [0.3, 0.4) is 0 Å². The summed E-state index contributed by atoms with van der Waals surface area (Å²) in [5.74, 6) is 0.767. The van der Waals surface area contributed by atoms with Gasteiger partial charge in [-0.05, 0) is 52.8 Å². The van der Waals surface area contributed by atoms with Gasteiger partial charge in [0.05, 0.1) is 0 Å². The highest BCUT2D eigenvalue weighted by Gasteiger charge is 2.20. The lowest BCUT2D eigenvalue weighted by Gasteiger charge is -2.26. The molecule has 17 heavy (non-hydrogen) atoms. The molecule has 0 radical (unpaired) electrons. The third kappa shape index (κ3) is 3.70. The quantitative estimate of drug-likeness (QED) is 0.853. The van der Waals surface area contributed by atoms with Gasteiger partial charge in [0.25, 0.3) is 0 Å². The van der Waals surface area contributed by atoms with E-state index in [0.717, 1.165) is 30.1 Å². The Kier molecular flexibility index (Phi) is 4.52. The summed E-state index contributed by atoms with van der Waals surface area (Å²) in [6, 6.07) is 2.10. The lowest BCUT2D eigenvalue weighted by atomic mass is 10.1. The van der Waals surface area contributed by atoms with E-state index in [1.807, 2.05) is 14.0 Å². The maximum atomic E-state index is 6.05. The van der Waals surface area contributed by atoms with Gasteiger partial charge in [0.2, 0.25) is 5.88 Å². The van der Waals surface area contributed by atoms with E-state index in [-0.39, 0.29) is 5.60 Å². The highest BCUT2D eigenvalue weighted by Crippen LogP contribution is 2.26. The van der Waals surface area contributed by atoms with Crippen molar-refractivity contribution >= 4 is 0 Å².